The highest BCUT2D eigenvalue weighted by Crippen LogP contribution is 2.41. The number of aromatic nitrogens is 2. The molecule has 2 unspecified atom stereocenters. The van der Waals surface area contributed by atoms with Crippen LogP contribution in [-0.2, 0) is 4.74 Å². The Balaban J connectivity index is 1.92. The normalized spacial score (nSPS) is 28.7. The maximum absolute atomic E-state index is 10.8. The minimum atomic E-state index is -1.15. The Kier molecular flexibility index (Phi) is 6.25. The molecule has 0 bridgehead atoms. The van der Waals surface area contributed by atoms with Gasteiger partial charge in [0, 0.05) is 16.1 Å². The summed E-state index contributed by atoms with van der Waals surface area (Å²) in [6, 6.07) is 4.00. The van der Waals surface area contributed by atoms with Gasteiger partial charge in [-0.05, 0) is 22.0 Å². The number of hydrogen-bond donors (Lipinski definition) is 3. The number of aliphatic hydroxyl groups is 3. The molecule has 0 aliphatic carbocycles. The summed E-state index contributed by atoms with van der Waals surface area (Å²) in [5.74, 6) is 0. The minimum Gasteiger partial charge on any atom is -0.394 e. The van der Waals surface area contributed by atoms with Crippen molar-refractivity contribution in [1.82, 2.24) is 9.78 Å². The molecule has 0 spiro atoms. The van der Waals surface area contributed by atoms with Crippen molar-refractivity contribution in [3.63, 3.8) is 0 Å². The van der Waals surface area contributed by atoms with Crippen LogP contribution in [0, 0.1) is 6.57 Å². The highest BCUT2D eigenvalue weighted by atomic mass is 79.9. The lowest BCUT2D eigenvalue weighted by Crippen LogP contribution is -2.54. The molecule has 0 amide bonds. The molecule has 3 rings (SSSR count). The van der Waals surface area contributed by atoms with E-state index in [1.54, 1.807) is 30.6 Å². The fourth-order valence-electron chi connectivity index (χ4n) is 2.76. The summed E-state index contributed by atoms with van der Waals surface area (Å²) < 4.78 is 7.81. The summed E-state index contributed by atoms with van der Waals surface area (Å²) in [6.07, 6.45) is -0.0262. The van der Waals surface area contributed by atoms with Crippen molar-refractivity contribution >= 4 is 45.0 Å². The van der Waals surface area contributed by atoms with Crippen LogP contribution in [0.5, 0.6) is 0 Å². The van der Waals surface area contributed by atoms with Gasteiger partial charge in [-0.2, -0.15) is 5.10 Å². The zero-order valence-corrected chi connectivity index (χ0v) is 16.4. The Morgan fingerprint density at radius 1 is 1.38 bits per heavy atom. The largest absolute Gasteiger partial charge is 0.394 e. The van der Waals surface area contributed by atoms with Crippen LogP contribution < -0.4 is 0 Å². The van der Waals surface area contributed by atoms with E-state index in [1.807, 2.05) is 0 Å². The van der Waals surface area contributed by atoms with Crippen molar-refractivity contribution in [2.45, 2.75) is 34.7 Å². The van der Waals surface area contributed by atoms with Gasteiger partial charge in [0.1, 0.15) is 29.8 Å². The number of thioether (sulfide) groups is 1. The van der Waals surface area contributed by atoms with E-state index in [1.165, 1.54) is 4.68 Å². The molecular weight excluding hydrogens is 446 g/mol. The number of ether oxygens (including phenoxy) is 1. The average molecular weight is 461 g/mol. The lowest BCUT2D eigenvalue weighted by atomic mass is 9.97. The maximum atomic E-state index is 10.8. The Labute approximate surface area is 167 Å². The van der Waals surface area contributed by atoms with Crippen LogP contribution in [0.2, 0.25) is 5.02 Å². The Morgan fingerprint density at radius 3 is 2.77 bits per heavy atom. The third kappa shape index (κ3) is 3.92. The van der Waals surface area contributed by atoms with E-state index in [0.717, 1.165) is 11.8 Å². The first kappa shape index (κ1) is 19.6. The molecule has 26 heavy (non-hydrogen) atoms. The van der Waals surface area contributed by atoms with Gasteiger partial charge in [0.05, 0.1) is 23.8 Å². The monoisotopic (exact) mass is 459 g/mol. The quantitative estimate of drug-likeness (QED) is 0.608. The van der Waals surface area contributed by atoms with E-state index in [4.69, 9.17) is 22.9 Å². The number of rotatable bonds is 4. The van der Waals surface area contributed by atoms with Gasteiger partial charge < -0.3 is 20.1 Å². The number of nitrogens with zero attached hydrogens (tertiary/aromatic N) is 3. The van der Waals surface area contributed by atoms with Crippen molar-refractivity contribution < 1.29 is 20.1 Å². The van der Waals surface area contributed by atoms with Crippen molar-refractivity contribution in [3.8, 4) is 0 Å². The summed E-state index contributed by atoms with van der Waals surface area (Å²) >= 11 is 10.4. The van der Waals surface area contributed by atoms with E-state index in [0.29, 0.717) is 20.1 Å². The standard InChI is InChI=1S/C16H15BrClN3O4S/c1-19-10-3-2-9(18)4-12(10)26-16-15(24)13(14(23)11(7-22)25-16)21-6-8(17)5-20-21/h2-6,11,13-16,22-24H,7H2/t11?,13-,14-,15?,16+/m0/s1. The molecule has 1 fully saturated rings. The minimum absolute atomic E-state index is 0.375. The molecule has 1 saturated heterocycles. The fourth-order valence-corrected chi connectivity index (χ4v) is 4.47. The predicted molar refractivity (Wildman–Crippen MR) is 100 cm³/mol. The van der Waals surface area contributed by atoms with Gasteiger partial charge in [0.15, 0.2) is 0 Å². The van der Waals surface area contributed by atoms with Crippen LogP contribution >= 0.6 is 39.3 Å². The summed E-state index contributed by atoms with van der Waals surface area (Å²) in [5.41, 5.74) is -0.456. The van der Waals surface area contributed by atoms with Crippen LogP contribution in [0.4, 0.5) is 5.69 Å². The van der Waals surface area contributed by atoms with Crippen molar-refractivity contribution in [2.75, 3.05) is 6.61 Å². The summed E-state index contributed by atoms with van der Waals surface area (Å²) in [5, 5.41) is 35.4. The molecule has 0 saturated carbocycles. The molecule has 1 aliphatic heterocycles. The Bertz CT molecular complexity index is 830. The lowest BCUT2D eigenvalue weighted by Gasteiger charge is -2.42. The summed E-state index contributed by atoms with van der Waals surface area (Å²) in [7, 11) is 0. The van der Waals surface area contributed by atoms with E-state index in [2.05, 4.69) is 25.9 Å². The van der Waals surface area contributed by atoms with E-state index in [9.17, 15) is 15.3 Å². The first-order chi connectivity index (χ1) is 12.4. The third-order valence-corrected chi connectivity index (χ3v) is 5.86. The predicted octanol–water partition coefficient (Wildman–Crippen LogP) is 2.62. The van der Waals surface area contributed by atoms with Gasteiger partial charge in [-0.3, -0.25) is 4.68 Å². The van der Waals surface area contributed by atoms with Crippen LogP contribution in [0.15, 0.2) is 40.0 Å². The summed E-state index contributed by atoms with van der Waals surface area (Å²) in [6.45, 7) is 6.85. The van der Waals surface area contributed by atoms with Gasteiger partial charge in [0.25, 0.3) is 0 Å². The second-order valence-electron chi connectivity index (χ2n) is 5.68. The van der Waals surface area contributed by atoms with Gasteiger partial charge in [-0.25, -0.2) is 4.85 Å². The molecule has 1 aliphatic rings. The van der Waals surface area contributed by atoms with Crippen LogP contribution in [0.3, 0.4) is 0 Å². The molecule has 2 heterocycles. The van der Waals surface area contributed by atoms with Gasteiger partial charge in [-0.1, -0.05) is 23.7 Å². The third-order valence-electron chi connectivity index (χ3n) is 4.01. The number of hydrogen-bond acceptors (Lipinski definition) is 6. The average Bonchev–Trinajstić information content (AvgIpc) is 3.03. The first-order valence-electron chi connectivity index (χ1n) is 7.60. The summed E-state index contributed by atoms with van der Waals surface area (Å²) in [4.78, 5) is 3.99. The molecule has 138 valence electrons. The Morgan fingerprint density at radius 2 is 2.15 bits per heavy atom. The molecule has 3 N–H and O–H groups in total. The van der Waals surface area contributed by atoms with Crippen molar-refractivity contribution in [3.05, 3.63) is 51.5 Å². The highest BCUT2D eigenvalue weighted by molar-refractivity contribution is 9.10. The van der Waals surface area contributed by atoms with E-state index >= 15 is 0 Å². The molecule has 1 aromatic carbocycles. The molecule has 5 atom stereocenters. The zero-order valence-electron chi connectivity index (χ0n) is 13.2. The van der Waals surface area contributed by atoms with Crippen molar-refractivity contribution in [2.24, 2.45) is 0 Å². The van der Waals surface area contributed by atoms with E-state index in [-0.39, 0.29) is 0 Å². The fraction of sp³-hybridized carbons (Fsp3) is 0.375. The maximum Gasteiger partial charge on any atom is 0.200 e. The van der Waals surface area contributed by atoms with E-state index < -0.39 is 36.4 Å². The second-order valence-corrected chi connectivity index (χ2v) is 8.17. The van der Waals surface area contributed by atoms with Crippen LogP contribution in [0.1, 0.15) is 6.04 Å². The van der Waals surface area contributed by atoms with Crippen LogP contribution in [0.25, 0.3) is 4.85 Å². The highest BCUT2D eigenvalue weighted by Gasteiger charge is 2.46. The molecule has 1 aromatic heterocycles. The smallest absolute Gasteiger partial charge is 0.200 e. The van der Waals surface area contributed by atoms with Crippen LogP contribution in [-0.4, -0.2) is 55.5 Å². The molecule has 10 heteroatoms. The number of halogens is 2. The van der Waals surface area contributed by atoms with Gasteiger partial charge >= 0.3 is 0 Å². The first-order valence-corrected chi connectivity index (χ1v) is 9.65. The Hall–Kier alpha value is -1.12. The number of aliphatic hydroxyl groups excluding tert-OH is 3. The SMILES string of the molecule is [C-]#[N+]c1ccc(Cl)cc1S[C@H]1OC(CO)[C@H](O)[C@H](n2cc(Br)cn2)C1O. The zero-order chi connectivity index (χ0) is 18.8. The molecule has 2 aromatic rings. The number of benzene rings is 1. The topological polar surface area (TPSA) is 92.1 Å². The van der Waals surface area contributed by atoms with Gasteiger partial charge in [-0.15, -0.1) is 11.8 Å². The molecule has 0 radical (unpaired) electrons. The molecule has 7 nitrogen and oxygen atoms in total. The van der Waals surface area contributed by atoms with Gasteiger partial charge in [0.2, 0.25) is 5.69 Å². The van der Waals surface area contributed by atoms with Crippen molar-refractivity contribution in [1.29, 1.82) is 0 Å². The molecular formula is C16H15BrClN3O4S. The second kappa shape index (κ2) is 8.27. The lowest BCUT2D eigenvalue weighted by molar-refractivity contribution is -0.178.